The van der Waals surface area contributed by atoms with Gasteiger partial charge in [-0.3, -0.25) is 0 Å². The summed E-state index contributed by atoms with van der Waals surface area (Å²) in [4.78, 5) is 0. The van der Waals surface area contributed by atoms with E-state index in [2.05, 4.69) is 0 Å². The Kier molecular flexibility index (Phi) is 4.30. The highest BCUT2D eigenvalue weighted by molar-refractivity contribution is 6.35. The van der Waals surface area contributed by atoms with Gasteiger partial charge >= 0.3 is 0 Å². The zero-order valence-electron chi connectivity index (χ0n) is 8.18. The van der Waals surface area contributed by atoms with Gasteiger partial charge in [-0.15, -0.1) is 0 Å². The van der Waals surface area contributed by atoms with Crippen LogP contribution in [0.4, 0.5) is 0 Å². The fourth-order valence-electron chi connectivity index (χ4n) is 0.975. The van der Waals surface area contributed by atoms with E-state index in [9.17, 15) is 0 Å². The molecule has 0 aliphatic carbocycles. The minimum Gasteiger partial charge on any atom is -0.488 e. The smallest absolute Gasteiger partial charge is 0.138 e. The lowest BCUT2D eigenvalue weighted by Gasteiger charge is -2.07. The van der Waals surface area contributed by atoms with Crippen LogP contribution in [-0.2, 0) is 0 Å². The van der Waals surface area contributed by atoms with Crippen molar-refractivity contribution in [3.8, 4) is 5.75 Å². The lowest BCUT2D eigenvalue weighted by atomic mass is 10.2. The van der Waals surface area contributed by atoms with E-state index in [4.69, 9.17) is 27.9 Å². The molecule has 0 aliphatic rings. The van der Waals surface area contributed by atoms with Crippen molar-refractivity contribution < 1.29 is 4.74 Å². The third-order valence-corrected chi connectivity index (χ3v) is 2.49. The number of benzene rings is 1. The molecule has 0 unspecified atom stereocenters. The SMILES string of the molecule is C/C=C/COc1cc(C)c(Cl)cc1Cl. The highest BCUT2D eigenvalue weighted by atomic mass is 35.5. The van der Waals surface area contributed by atoms with Gasteiger partial charge in [-0.1, -0.05) is 35.4 Å². The number of halogens is 2. The molecule has 1 nitrogen and oxygen atoms in total. The first-order chi connectivity index (χ1) is 6.65. The third-order valence-electron chi connectivity index (χ3n) is 1.78. The van der Waals surface area contributed by atoms with E-state index in [-0.39, 0.29) is 0 Å². The van der Waals surface area contributed by atoms with Gasteiger partial charge in [0.1, 0.15) is 12.4 Å². The zero-order chi connectivity index (χ0) is 10.6. The van der Waals surface area contributed by atoms with E-state index in [1.807, 2.05) is 32.1 Å². The standard InChI is InChI=1S/C11H12Cl2O/c1-3-4-5-14-11-6-8(2)9(12)7-10(11)13/h3-4,6-7H,5H2,1-2H3/b4-3+. The summed E-state index contributed by atoms with van der Waals surface area (Å²) in [6.07, 6.45) is 3.84. The average molecular weight is 231 g/mol. The summed E-state index contributed by atoms with van der Waals surface area (Å²) < 4.78 is 5.44. The van der Waals surface area contributed by atoms with Crippen LogP contribution in [0.1, 0.15) is 12.5 Å². The fourth-order valence-corrected chi connectivity index (χ4v) is 1.41. The lowest BCUT2D eigenvalue weighted by Crippen LogP contribution is -1.94. The first-order valence-electron chi connectivity index (χ1n) is 4.34. The molecule has 0 heterocycles. The predicted octanol–water partition coefficient (Wildman–Crippen LogP) is 4.26. The molecule has 1 aromatic carbocycles. The van der Waals surface area contributed by atoms with Crippen molar-refractivity contribution in [2.45, 2.75) is 13.8 Å². The number of hydrogen-bond acceptors (Lipinski definition) is 1. The van der Waals surface area contributed by atoms with Crippen LogP contribution in [0.25, 0.3) is 0 Å². The van der Waals surface area contributed by atoms with Crippen LogP contribution in [0.5, 0.6) is 5.75 Å². The van der Waals surface area contributed by atoms with Crippen LogP contribution in [0, 0.1) is 6.92 Å². The molecular weight excluding hydrogens is 219 g/mol. The molecule has 0 amide bonds. The summed E-state index contributed by atoms with van der Waals surface area (Å²) in [6, 6.07) is 3.54. The van der Waals surface area contributed by atoms with Gasteiger partial charge in [0.15, 0.2) is 0 Å². The molecule has 0 fully saturated rings. The Balaban J connectivity index is 2.81. The second-order valence-corrected chi connectivity index (χ2v) is 3.73. The maximum Gasteiger partial charge on any atom is 0.138 e. The Labute approximate surface area is 94.3 Å². The quantitative estimate of drug-likeness (QED) is 0.706. The van der Waals surface area contributed by atoms with E-state index in [1.54, 1.807) is 6.07 Å². The van der Waals surface area contributed by atoms with Gasteiger partial charge in [0.2, 0.25) is 0 Å². The minimum absolute atomic E-state index is 0.525. The van der Waals surface area contributed by atoms with Crippen molar-refractivity contribution in [3.63, 3.8) is 0 Å². The number of aryl methyl sites for hydroxylation is 1. The van der Waals surface area contributed by atoms with Gasteiger partial charge in [0.25, 0.3) is 0 Å². The molecule has 76 valence electrons. The molecule has 0 aromatic heterocycles. The van der Waals surface area contributed by atoms with E-state index < -0.39 is 0 Å². The minimum atomic E-state index is 0.525. The fraction of sp³-hybridized carbons (Fsp3) is 0.273. The van der Waals surface area contributed by atoms with Crippen LogP contribution >= 0.6 is 23.2 Å². The molecule has 0 saturated carbocycles. The number of allylic oxidation sites excluding steroid dienone is 1. The number of rotatable bonds is 3. The highest BCUT2D eigenvalue weighted by Gasteiger charge is 2.04. The van der Waals surface area contributed by atoms with Crippen molar-refractivity contribution in [2.24, 2.45) is 0 Å². The molecule has 0 atom stereocenters. The van der Waals surface area contributed by atoms with E-state index in [1.165, 1.54) is 0 Å². The first-order valence-corrected chi connectivity index (χ1v) is 5.10. The van der Waals surface area contributed by atoms with Gasteiger partial charge in [-0.2, -0.15) is 0 Å². The summed E-state index contributed by atoms with van der Waals surface area (Å²) in [5.41, 5.74) is 0.964. The molecule has 0 radical (unpaired) electrons. The Morgan fingerprint density at radius 2 is 2.00 bits per heavy atom. The third kappa shape index (κ3) is 2.93. The van der Waals surface area contributed by atoms with Crippen LogP contribution < -0.4 is 4.74 Å². The van der Waals surface area contributed by atoms with Gasteiger partial charge in [0.05, 0.1) is 5.02 Å². The van der Waals surface area contributed by atoms with E-state index >= 15 is 0 Å². The van der Waals surface area contributed by atoms with Crippen molar-refractivity contribution >= 4 is 23.2 Å². The van der Waals surface area contributed by atoms with Crippen molar-refractivity contribution in [3.05, 3.63) is 39.9 Å². The molecule has 14 heavy (non-hydrogen) atoms. The van der Waals surface area contributed by atoms with Crippen molar-refractivity contribution in [2.75, 3.05) is 6.61 Å². The second kappa shape index (κ2) is 5.28. The molecular formula is C11H12Cl2O. The molecule has 1 rings (SSSR count). The summed E-state index contributed by atoms with van der Waals surface area (Å²) in [5, 5.41) is 1.21. The predicted molar refractivity (Wildman–Crippen MR) is 61.5 cm³/mol. The van der Waals surface area contributed by atoms with E-state index in [0.29, 0.717) is 22.4 Å². The molecule has 0 N–H and O–H groups in total. The van der Waals surface area contributed by atoms with Gasteiger partial charge in [-0.05, 0) is 31.5 Å². The molecule has 3 heteroatoms. The molecule has 0 saturated heterocycles. The largest absolute Gasteiger partial charge is 0.488 e. The van der Waals surface area contributed by atoms with Gasteiger partial charge in [0, 0.05) is 5.02 Å². The normalized spacial score (nSPS) is 10.9. The Bertz CT molecular complexity index is 345. The van der Waals surface area contributed by atoms with Gasteiger partial charge in [-0.25, -0.2) is 0 Å². The number of ether oxygens (including phenoxy) is 1. The monoisotopic (exact) mass is 230 g/mol. The molecule has 1 aromatic rings. The Morgan fingerprint density at radius 1 is 1.29 bits per heavy atom. The first kappa shape index (κ1) is 11.4. The van der Waals surface area contributed by atoms with Crippen LogP contribution in [0.15, 0.2) is 24.3 Å². The summed E-state index contributed by atoms with van der Waals surface area (Å²) in [7, 11) is 0. The van der Waals surface area contributed by atoms with Crippen LogP contribution in [-0.4, -0.2) is 6.61 Å². The number of hydrogen-bond donors (Lipinski definition) is 0. The second-order valence-electron chi connectivity index (χ2n) is 2.91. The van der Waals surface area contributed by atoms with Gasteiger partial charge < -0.3 is 4.74 Å². The average Bonchev–Trinajstić information content (AvgIpc) is 2.14. The van der Waals surface area contributed by atoms with Crippen LogP contribution in [0.2, 0.25) is 10.0 Å². The zero-order valence-corrected chi connectivity index (χ0v) is 9.69. The summed E-state index contributed by atoms with van der Waals surface area (Å²) in [6.45, 7) is 4.39. The summed E-state index contributed by atoms with van der Waals surface area (Å²) in [5.74, 6) is 0.673. The maximum atomic E-state index is 5.95. The highest BCUT2D eigenvalue weighted by Crippen LogP contribution is 2.30. The molecule has 0 aliphatic heterocycles. The van der Waals surface area contributed by atoms with E-state index in [0.717, 1.165) is 5.56 Å². The topological polar surface area (TPSA) is 9.23 Å². The maximum absolute atomic E-state index is 5.95. The lowest BCUT2D eigenvalue weighted by molar-refractivity contribution is 0.362. The summed E-state index contributed by atoms with van der Waals surface area (Å²) >= 11 is 11.8. The van der Waals surface area contributed by atoms with Crippen LogP contribution in [0.3, 0.4) is 0 Å². The Hall–Kier alpha value is -0.660. The molecule has 0 spiro atoms. The van der Waals surface area contributed by atoms with Crippen molar-refractivity contribution in [1.82, 2.24) is 0 Å². The Morgan fingerprint density at radius 3 is 2.64 bits per heavy atom. The molecule has 0 bridgehead atoms. The van der Waals surface area contributed by atoms with Crippen molar-refractivity contribution in [1.29, 1.82) is 0 Å².